The Morgan fingerprint density at radius 2 is 1.56 bits per heavy atom. The Bertz CT molecular complexity index is 2010. The third-order valence-corrected chi connectivity index (χ3v) is 10.7. The van der Waals surface area contributed by atoms with Gasteiger partial charge in [-0.1, -0.05) is 80.9 Å². The average Bonchev–Trinajstić information content (AvgIpc) is 3.62. The maximum atomic E-state index is 15.1. The third kappa shape index (κ3) is 15.0. The van der Waals surface area contributed by atoms with Crippen molar-refractivity contribution in [3.8, 4) is 11.1 Å². The van der Waals surface area contributed by atoms with Crippen LogP contribution < -0.4 is 27.0 Å². The Kier molecular flexibility index (Phi) is 19.7. The van der Waals surface area contributed by atoms with Crippen LogP contribution in [0.5, 0.6) is 0 Å². The summed E-state index contributed by atoms with van der Waals surface area (Å²) in [4.78, 5) is 77.5. The van der Waals surface area contributed by atoms with E-state index in [9.17, 15) is 43.4 Å². The van der Waals surface area contributed by atoms with Crippen molar-refractivity contribution in [2.75, 3.05) is 25.0 Å². The van der Waals surface area contributed by atoms with E-state index in [0.717, 1.165) is 23.8 Å². The number of aliphatic carboxylic acids is 1. The lowest BCUT2D eigenvalue weighted by molar-refractivity contribution is -0.142. The summed E-state index contributed by atoms with van der Waals surface area (Å²) in [6, 6.07) is 9.26. The van der Waals surface area contributed by atoms with E-state index in [4.69, 9.17) is 5.73 Å². The van der Waals surface area contributed by atoms with Crippen molar-refractivity contribution in [3.05, 3.63) is 83.7 Å². The van der Waals surface area contributed by atoms with Gasteiger partial charge in [0.15, 0.2) is 0 Å². The van der Waals surface area contributed by atoms with Crippen molar-refractivity contribution in [2.45, 2.75) is 104 Å². The summed E-state index contributed by atoms with van der Waals surface area (Å²) in [6.07, 6.45) is 2.34. The van der Waals surface area contributed by atoms with Gasteiger partial charge in [-0.25, -0.2) is 13.6 Å². The molecule has 1 heterocycles. The van der Waals surface area contributed by atoms with Gasteiger partial charge in [0.05, 0.1) is 17.4 Å². The topological polar surface area (TPSA) is 225 Å². The molecule has 0 aliphatic carbocycles. The van der Waals surface area contributed by atoms with Crippen molar-refractivity contribution >= 4 is 51.4 Å². The Morgan fingerprint density at radius 3 is 2.16 bits per heavy atom. The first-order valence-corrected chi connectivity index (χ1v) is 21.6. The highest BCUT2D eigenvalue weighted by molar-refractivity contribution is 9.09. The standard InChI is InChI=1S/C44H60BrF2N7O8/c1-26(2)38(52-36(56)22-45)42(60)50-27(3)40(58)51-34(43(61)62)14-10-11-18-49-41(59)33(48)17-19-54(37(57)25-55)39(44(4,5)6)35-20-29(31-21-30(46)15-16-32(31)47)24-53(35)23-28-12-8-7-9-13-28/h7-9,12-13,15-16,20-21,24,26-27,33-34,38-39,55H,10-11,14,17-19,22-23,25,48H2,1-6H3,(H,49,59)(H,50,60)(H,51,58)(H,52,56)(H,61,62)/t27-,33-,34-,38?,39-/m0/s1. The quantitative estimate of drug-likeness (QED) is 0.0539. The molecule has 0 spiro atoms. The second kappa shape index (κ2) is 23.9. The van der Waals surface area contributed by atoms with Crippen LogP contribution in [0.15, 0.2) is 60.8 Å². The van der Waals surface area contributed by atoms with Crippen molar-refractivity contribution in [1.82, 2.24) is 30.7 Å². The molecular weight excluding hydrogens is 872 g/mol. The fourth-order valence-electron chi connectivity index (χ4n) is 7.00. The lowest BCUT2D eigenvalue weighted by Crippen LogP contribution is -2.56. The Morgan fingerprint density at radius 1 is 0.887 bits per heavy atom. The minimum absolute atomic E-state index is 0.00241. The lowest BCUT2D eigenvalue weighted by Gasteiger charge is -2.41. The van der Waals surface area contributed by atoms with Crippen LogP contribution in [0.4, 0.5) is 8.78 Å². The highest BCUT2D eigenvalue weighted by Gasteiger charge is 2.37. The number of carbonyl (C=O) groups is 6. The van der Waals surface area contributed by atoms with Crippen LogP contribution in [0.2, 0.25) is 0 Å². The summed E-state index contributed by atoms with van der Waals surface area (Å²) in [6.45, 7) is 10.1. The summed E-state index contributed by atoms with van der Waals surface area (Å²) < 4.78 is 31.3. The van der Waals surface area contributed by atoms with E-state index in [-0.39, 0.29) is 49.2 Å². The molecule has 0 aliphatic heterocycles. The number of nitrogens with one attached hydrogen (secondary N) is 4. The molecule has 15 nitrogen and oxygen atoms in total. The molecule has 0 radical (unpaired) electrons. The zero-order valence-corrected chi connectivity index (χ0v) is 37.6. The van der Waals surface area contributed by atoms with Gasteiger partial charge in [-0.05, 0) is 73.8 Å². The molecule has 3 aromatic rings. The Hall–Kier alpha value is -5.20. The van der Waals surface area contributed by atoms with Gasteiger partial charge < -0.3 is 46.7 Å². The SMILES string of the molecule is CC(C)C(NC(=O)CBr)C(=O)N[C@@H](C)C(=O)N[C@@H](CCCCNC(=O)[C@@H](N)CCN(C(=O)CO)[C@@H](c1cc(-c2cc(F)ccc2F)cn1Cc1ccccc1)C(C)(C)C)C(=O)O. The molecule has 2 aromatic carbocycles. The number of hydrogen-bond acceptors (Lipinski definition) is 8. The number of amides is 5. The van der Waals surface area contributed by atoms with Crippen LogP contribution in [0.1, 0.15) is 84.5 Å². The Balaban J connectivity index is 1.66. The highest BCUT2D eigenvalue weighted by atomic mass is 79.9. The monoisotopic (exact) mass is 931 g/mol. The number of nitrogens with two attached hydrogens (primary N) is 1. The van der Waals surface area contributed by atoms with E-state index < -0.39 is 89.4 Å². The number of unbranched alkanes of at least 4 members (excludes halogenated alkanes) is 1. The maximum Gasteiger partial charge on any atom is 0.326 e. The number of aromatic nitrogens is 1. The van der Waals surface area contributed by atoms with Gasteiger partial charge in [0.2, 0.25) is 29.5 Å². The van der Waals surface area contributed by atoms with Crippen LogP contribution in [0.3, 0.4) is 0 Å². The third-order valence-electron chi connectivity index (χ3n) is 10.2. The summed E-state index contributed by atoms with van der Waals surface area (Å²) in [5, 5.41) is 30.1. The fraction of sp³-hybridized carbons (Fsp3) is 0.500. The number of carbonyl (C=O) groups excluding carboxylic acids is 5. The molecular formula is C44H60BrF2N7O8. The summed E-state index contributed by atoms with van der Waals surface area (Å²) >= 11 is 3.03. The molecule has 5 atom stereocenters. The number of aliphatic hydroxyl groups is 1. The van der Waals surface area contributed by atoms with Crippen molar-refractivity contribution < 1.29 is 47.8 Å². The number of carboxylic acids is 1. The van der Waals surface area contributed by atoms with Gasteiger partial charge >= 0.3 is 5.97 Å². The van der Waals surface area contributed by atoms with Gasteiger partial charge in [0.1, 0.15) is 36.4 Å². The first-order chi connectivity index (χ1) is 29.2. The molecule has 1 unspecified atom stereocenters. The van der Waals surface area contributed by atoms with Gasteiger partial charge in [-0.2, -0.15) is 0 Å². The highest BCUT2D eigenvalue weighted by Crippen LogP contribution is 2.41. The maximum absolute atomic E-state index is 15.1. The molecule has 5 amide bonds. The first kappa shape index (κ1) is 51.2. The normalized spacial score (nSPS) is 13.9. The van der Waals surface area contributed by atoms with Gasteiger partial charge in [0.25, 0.3) is 0 Å². The largest absolute Gasteiger partial charge is 0.480 e. The number of carboxylic acid groups (broad SMARTS) is 1. The van der Waals surface area contributed by atoms with Crippen LogP contribution >= 0.6 is 15.9 Å². The molecule has 340 valence electrons. The van der Waals surface area contributed by atoms with Crippen molar-refractivity contribution in [3.63, 3.8) is 0 Å². The van der Waals surface area contributed by atoms with E-state index >= 15 is 4.39 Å². The van der Waals surface area contributed by atoms with Crippen molar-refractivity contribution in [2.24, 2.45) is 17.1 Å². The molecule has 3 rings (SSSR count). The number of rotatable bonds is 23. The molecule has 18 heteroatoms. The van der Waals surface area contributed by atoms with Crippen molar-refractivity contribution in [1.29, 1.82) is 0 Å². The molecule has 0 aliphatic rings. The number of benzene rings is 2. The van der Waals surface area contributed by atoms with E-state index in [1.54, 1.807) is 26.1 Å². The minimum atomic E-state index is -1.28. The van der Waals surface area contributed by atoms with E-state index in [1.807, 2.05) is 55.7 Å². The molecule has 1 aromatic heterocycles. The van der Waals surface area contributed by atoms with E-state index in [1.165, 1.54) is 11.8 Å². The summed E-state index contributed by atoms with van der Waals surface area (Å²) in [5.41, 5.74) is 7.56. The first-order valence-electron chi connectivity index (χ1n) is 20.5. The number of nitrogens with zero attached hydrogens (tertiary/aromatic N) is 2. The van der Waals surface area contributed by atoms with Crippen LogP contribution in [-0.2, 0) is 35.3 Å². The molecule has 0 fully saturated rings. The molecule has 0 saturated carbocycles. The number of hydrogen-bond donors (Lipinski definition) is 7. The predicted molar refractivity (Wildman–Crippen MR) is 234 cm³/mol. The van der Waals surface area contributed by atoms with Gasteiger partial charge in [-0.3, -0.25) is 24.0 Å². The molecule has 0 saturated heterocycles. The molecule has 8 N–H and O–H groups in total. The Labute approximate surface area is 369 Å². The second-order valence-electron chi connectivity index (χ2n) is 16.6. The minimum Gasteiger partial charge on any atom is -0.480 e. The van der Waals surface area contributed by atoms with Crippen LogP contribution in [0, 0.1) is 23.0 Å². The second-order valence-corrected chi connectivity index (χ2v) is 17.2. The molecule has 0 bridgehead atoms. The van der Waals surface area contributed by atoms with Crippen LogP contribution in [0.25, 0.3) is 11.1 Å². The van der Waals surface area contributed by atoms with E-state index in [0.29, 0.717) is 24.2 Å². The van der Waals surface area contributed by atoms with Gasteiger partial charge in [0, 0.05) is 42.7 Å². The fourth-order valence-corrected chi connectivity index (χ4v) is 7.16. The summed E-state index contributed by atoms with van der Waals surface area (Å²) in [5.74, 6) is -5.70. The van der Waals surface area contributed by atoms with Crippen LogP contribution in [-0.4, -0.2) is 104 Å². The lowest BCUT2D eigenvalue weighted by atomic mass is 9.82. The zero-order chi connectivity index (χ0) is 46.3. The van der Waals surface area contributed by atoms with Gasteiger partial charge in [-0.15, -0.1) is 0 Å². The smallest absolute Gasteiger partial charge is 0.326 e. The molecule has 62 heavy (non-hydrogen) atoms. The average molecular weight is 933 g/mol. The number of aliphatic hydroxyl groups excluding tert-OH is 1. The summed E-state index contributed by atoms with van der Waals surface area (Å²) in [7, 11) is 0. The number of alkyl halides is 1. The zero-order valence-electron chi connectivity index (χ0n) is 36.1. The number of halogens is 3. The predicted octanol–water partition coefficient (Wildman–Crippen LogP) is 4.00. The van der Waals surface area contributed by atoms with E-state index in [2.05, 4.69) is 37.2 Å².